The molecule has 140 valence electrons. The van der Waals surface area contributed by atoms with Gasteiger partial charge in [-0.2, -0.15) is 0 Å². The Morgan fingerprint density at radius 2 is 2.12 bits per heavy atom. The maximum absolute atomic E-state index is 12.0. The number of hydrogen-bond donors (Lipinski definition) is 3. The molecule has 0 unspecified atom stereocenters. The highest BCUT2D eigenvalue weighted by Crippen LogP contribution is 2.21. The highest BCUT2D eigenvalue weighted by molar-refractivity contribution is 5.90. The van der Waals surface area contributed by atoms with Crippen molar-refractivity contribution in [3.8, 4) is 5.75 Å². The van der Waals surface area contributed by atoms with E-state index >= 15 is 0 Å². The summed E-state index contributed by atoms with van der Waals surface area (Å²) in [6, 6.07) is 5.24. The standard InChI is InChI=1S/C19H31N3O3/c1-4-25-17-5-6-18(15(3)11-17)21-19(24)20-12-16(23)13-22-9-7-14(2)8-10-22/h5-6,11,14,16,23H,4,7-10,12-13H2,1-3H3,(H2,20,21,24)/t16-/m0/s1. The molecule has 3 N–H and O–H groups in total. The third-order valence-corrected chi connectivity index (χ3v) is 4.60. The number of piperidine rings is 1. The van der Waals surface area contributed by atoms with Crippen LogP contribution in [0.2, 0.25) is 0 Å². The summed E-state index contributed by atoms with van der Waals surface area (Å²) in [6.45, 7) is 9.63. The molecule has 2 amide bonds. The first-order valence-electron chi connectivity index (χ1n) is 9.16. The Kier molecular flexibility index (Phi) is 7.52. The number of aliphatic hydroxyl groups is 1. The van der Waals surface area contributed by atoms with Crippen molar-refractivity contribution in [3.63, 3.8) is 0 Å². The molecule has 0 bridgehead atoms. The number of ether oxygens (including phenoxy) is 1. The van der Waals surface area contributed by atoms with Gasteiger partial charge in [0.2, 0.25) is 0 Å². The topological polar surface area (TPSA) is 73.8 Å². The number of likely N-dealkylation sites (tertiary alicyclic amines) is 1. The molecular weight excluding hydrogens is 318 g/mol. The van der Waals surface area contributed by atoms with E-state index in [4.69, 9.17) is 4.74 Å². The zero-order valence-corrected chi connectivity index (χ0v) is 15.5. The zero-order valence-electron chi connectivity index (χ0n) is 15.5. The lowest BCUT2D eigenvalue weighted by Crippen LogP contribution is -2.43. The van der Waals surface area contributed by atoms with Crippen LogP contribution in [0.1, 0.15) is 32.3 Å². The van der Waals surface area contributed by atoms with Crippen molar-refractivity contribution in [2.75, 3.05) is 38.1 Å². The number of nitrogens with one attached hydrogen (secondary N) is 2. The summed E-state index contributed by atoms with van der Waals surface area (Å²) in [5.41, 5.74) is 1.67. The molecule has 25 heavy (non-hydrogen) atoms. The summed E-state index contributed by atoms with van der Waals surface area (Å²) in [5, 5.41) is 15.7. The number of hydrogen-bond acceptors (Lipinski definition) is 4. The lowest BCUT2D eigenvalue weighted by atomic mass is 9.99. The fourth-order valence-corrected chi connectivity index (χ4v) is 3.02. The molecule has 1 aromatic carbocycles. The van der Waals surface area contributed by atoms with Crippen LogP contribution >= 0.6 is 0 Å². The molecule has 6 heteroatoms. The fourth-order valence-electron chi connectivity index (χ4n) is 3.02. The van der Waals surface area contributed by atoms with Gasteiger partial charge in [0.05, 0.1) is 12.7 Å². The van der Waals surface area contributed by atoms with Crippen molar-refractivity contribution in [1.82, 2.24) is 10.2 Å². The Hall–Kier alpha value is -1.79. The van der Waals surface area contributed by atoms with Crippen molar-refractivity contribution < 1.29 is 14.6 Å². The number of carbonyl (C=O) groups is 1. The van der Waals surface area contributed by atoms with E-state index in [1.165, 1.54) is 12.8 Å². The molecule has 1 aromatic rings. The number of nitrogens with zero attached hydrogens (tertiary/aromatic N) is 1. The van der Waals surface area contributed by atoms with Gasteiger partial charge in [-0.1, -0.05) is 6.92 Å². The number of anilines is 1. The average Bonchev–Trinajstić information content (AvgIpc) is 2.58. The van der Waals surface area contributed by atoms with Crippen LogP contribution in [0.5, 0.6) is 5.75 Å². The molecule has 0 spiro atoms. The molecule has 1 aliphatic heterocycles. The van der Waals surface area contributed by atoms with E-state index in [9.17, 15) is 9.90 Å². The second-order valence-corrected chi connectivity index (χ2v) is 6.88. The summed E-state index contributed by atoms with van der Waals surface area (Å²) >= 11 is 0. The third kappa shape index (κ3) is 6.55. The van der Waals surface area contributed by atoms with Gasteiger partial charge in [0.25, 0.3) is 0 Å². The highest BCUT2D eigenvalue weighted by Gasteiger charge is 2.18. The average molecular weight is 349 g/mol. The molecule has 1 fully saturated rings. The first-order chi connectivity index (χ1) is 12.0. The van der Waals surface area contributed by atoms with Crippen molar-refractivity contribution in [1.29, 1.82) is 0 Å². The molecule has 2 rings (SSSR count). The maximum Gasteiger partial charge on any atom is 0.319 e. The van der Waals surface area contributed by atoms with Gasteiger partial charge in [-0.25, -0.2) is 4.79 Å². The van der Waals surface area contributed by atoms with Crippen molar-refractivity contribution in [2.45, 2.75) is 39.7 Å². The van der Waals surface area contributed by atoms with Gasteiger partial charge in [0, 0.05) is 18.8 Å². The van der Waals surface area contributed by atoms with Crippen LogP contribution in [0, 0.1) is 12.8 Å². The first-order valence-corrected chi connectivity index (χ1v) is 9.16. The van der Waals surface area contributed by atoms with Crippen LogP contribution in [-0.4, -0.2) is 54.9 Å². The zero-order chi connectivity index (χ0) is 18.2. The normalized spacial score (nSPS) is 17.1. The molecule has 6 nitrogen and oxygen atoms in total. The molecule has 1 saturated heterocycles. The molecular formula is C19H31N3O3. The Labute approximate surface area is 150 Å². The number of aryl methyl sites for hydroxylation is 1. The summed E-state index contributed by atoms with van der Waals surface area (Å²) in [6.07, 6.45) is 1.80. The second-order valence-electron chi connectivity index (χ2n) is 6.88. The highest BCUT2D eigenvalue weighted by atomic mass is 16.5. The van der Waals surface area contributed by atoms with E-state index in [1.54, 1.807) is 0 Å². The van der Waals surface area contributed by atoms with Crippen LogP contribution < -0.4 is 15.4 Å². The maximum atomic E-state index is 12.0. The summed E-state index contributed by atoms with van der Waals surface area (Å²) in [5.74, 6) is 1.56. The third-order valence-electron chi connectivity index (χ3n) is 4.60. The molecule has 0 aliphatic carbocycles. The lowest BCUT2D eigenvalue weighted by molar-refractivity contribution is 0.0924. The Morgan fingerprint density at radius 3 is 2.76 bits per heavy atom. The minimum absolute atomic E-state index is 0.244. The smallest absolute Gasteiger partial charge is 0.319 e. The van der Waals surface area contributed by atoms with Gasteiger partial charge in [-0.3, -0.25) is 0 Å². The first kappa shape index (κ1) is 19.5. The monoisotopic (exact) mass is 349 g/mol. The molecule has 1 atom stereocenters. The van der Waals surface area contributed by atoms with E-state index in [-0.39, 0.29) is 12.6 Å². The van der Waals surface area contributed by atoms with Gasteiger partial charge in [0.1, 0.15) is 5.75 Å². The van der Waals surface area contributed by atoms with E-state index in [0.29, 0.717) is 13.2 Å². The van der Waals surface area contributed by atoms with Gasteiger partial charge in [-0.15, -0.1) is 0 Å². The quantitative estimate of drug-likeness (QED) is 0.707. The minimum atomic E-state index is -0.555. The number of urea groups is 1. The van der Waals surface area contributed by atoms with Gasteiger partial charge in [-0.05, 0) is 69.5 Å². The SMILES string of the molecule is CCOc1ccc(NC(=O)NC[C@H](O)CN2CCC(C)CC2)c(C)c1. The Balaban J connectivity index is 1.73. The van der Waals surface area contributed by atoms with Crippen LogP contribution in [0.4, 0.5) is 10.5 Å². The summed E-state index contributed by atoms with van der Waals surface area (Å²) in [4.78, 5) is 14.3. The van der Waals surface area contributed by atoms with Gasteiger partial charge in [0.15, 0.2) is 0 Å². The summed E-state index contributed by atoms with van der Waals surface area (Å²) < 4.78 is 5.44. The van der Waals surface area contributed by atoms with Gasteiger partial charge < -0.3 is 25.4 Å². The van der Waals surface area contributed by atoms with Crippen LogP contribution in [0.3, 0.4) is 0 Å². The molecule has 0 aromatic heterocycles. The van der Waals surface area contributed by atoms with Crippen LogP contribution in [0.15, 0.2) is 18.2 Å². The largest absolute Gasteiger partial charge is 0.494 e. The van der Waals surface area contributed by atoms with Gasteiger partial charge >= 0.3 is 6.03 Å². The second kappa shape index (κ2) is 9.63. The number of β-amino-alcohol motifs (C(OH)–C–C–N with tert-alkyl or cyclic N) is 1. The molecule has 1 aliphatic rings. The lowest BCUT2D eigenvalue weighted by Gasteiger charge is -2.31. The van der Waals surface area contributed by atoms with Crippen molar-refractivity contribution in [3.05, 3.63) is 23.8 Å². The predicted octanol–water partition coefficient (Wildman–Crippen LogP) is 2.61. The number of rotatable bonds is 7. The van der Waals surface area contributed by atoms with E-state index in [2.05, 4.69) is 22.5 Å². The van der Waals surface area contributed by atoms with Crippen molar-refractivity contribution >= 4 is 11.7 Å². The number of aliphatic hydroxyl groups excluding tert-OH is 1. The Morgan fingerprint density at radius 1 is 1.40 bits per heavy atom. The number of carbonyl (C=O) groups excluding carboxylic acids is 1. The van der Waals surface area contributed by atoms with Crippen molar-refractivity contribution in [2.24, 2.45) is 5.92 Å². The molecule has 1 heterocycles. The summed E-state index contributed by atoms with van der Waals surface area (Å²) in [7, 11) is 0. The van der Waals surface area contributed by atoms with E-state index in [0.717, 1.165) is 36.0 Å². The van der Waals surface area contributed by atoms with Crippen LogP contribution in [0.25, 0.3) is 0 Å². The van der Waals surface area contributed by atoms with E-state index in [1.807, 2.05) is 32.0 Å². The number of benzene rings is 1. The van der Waals surface area contributed by atoms with Crippen LogP contribution in [-0.2, 0) is 0 Å². The molecule has 0 radical (unpaired) electrons. The fraction of sp³-hybridized carbons (Fsp3) is 0.632. The predicted molar refractivity (Wildman–Crippen MR) is 100 cm³/mol. The number of amides is 2. The molecule has 0 saturated carbocycles. The Bertz CT molecular complexity index is 557. The van der Waals surface area contributed by atoms with E-state index < -0.39 is 6.10 Å². The minimum Gasteiger partial charge on any atom is -0.494 e.